The number of carbonyl (C=O) groups is 1. The first kappa shape index (κ1) is 21.0. The molecule has 3 rings (SSSR count). The third-order valence-corrected chi connectivity index (χ3v) is 5.41. The van der Waals surface area contributed by atoms with Crippen LogP contribution in [-0.4, -0.2) is 38.9 Å². The zero-order valence-corrected chi connectivity index (χ0v) is 17.9. The van der Waals surface area contributed by atoms with Crippen LogP contribution in [0.4, 0.5) is 4.39 Å². The van der Waals surface area contributed by atoms with Crippen molar-refractivity contribution in [1.82, 2.24) is 24.9 Å². The molecule has 0 aliphatic heterocycles. The average molecular weight is 418 g/mol. The zero-order valence-electron chi connectivity index (χ0n) is 17.1. The minimum absolute atomic E-state index is 0.115. The topological polar surface area (TPSA) is 81.4 Å². The second-order valence-corrected chi connectivity index (χ2v) is 7.53. The monoisotopic (exact) mass is 417 g/mol. The maximum Gasteiger partial charge on any atom is 0.253 e. The standard InChI is InChI=1S/C20H24FN5O2S/c1-11(14-6-8-17(28-4)16(21)10-14)22-18(27)9-7-15-12(2)23-19-24-20(29-5)25-26(19)13(15)3/h6,8,10-11H,7,9H2,1-5H3,(H,22,27)/t11-/m1/s1. The Bertz CT molecular complexity index is 1050. The molecule has 0 aliphatic carbocycles. The number of aryl methyl sites for hydroxylation is 2. The molecule has 0 bridgehead atoms. The highest BCUT2D eigenvalue weighted by molar-refractivity contribution is 7.98. The Labute approximate surface area is 173 Å². The summed E-state index contributed by atoms with van der Waals surface area (Å²) in [5.74, 6) is 0.178. The summed E-state index contributed by atoms with van der Waals surface area (Å²) in [5, 5.41) is 8.01. The summed E-state index contributed by atoms with van der Waals surface area (Å²) in [5.41, 5.74) is 3.43. The lowest BCUT2D eigenvalue weighted by Gasteiger charge is -2.16. The molecule has 154 valence electrons. The van der Waals surface area contributed by atoms with E-state index in [2.05, 4.69) is 20.4 Å². The van der Waals surface area contributed by atoms with Crippen LogP contribution in [-0.2, 0) is 11.2 Å². The third kappa shape index (κ3) is 4.50. The maximum atomic E-state index is 13.9. The van der Waals surface area contributed by atoms with Crippen molar-refractivity contribution in [2.45, 2.75) is 44.8 Å². The number of methoxy groups -OCH3 is 1. The molecule has 0 spiro atoms. The van der Waals surface area contributed by atoms with Gasteiger partial charge in [-0.2, -0.15) is 4.98 Å². The lowest BCUT2D eigenvalue weighted by atomic mass is 10.0. The van der Waals surface area contributed by atoms with E-state index in [0.29, 0.717) is 29.3 Å². The predicted octanol–water partition coefficient (Wildman–Crippen LogP) is 3.42. The number of rotatable bonds is 7. The molecule has 0 radical (unpaired) electrons. The second kappa shape index (κ2) is 8.77. The second-order valence-electron chi connectivity index (χ2n) is 6.75. The van der Waals surface area contributed by atoms with Crippen molar-refractivity contribution in [3.05, 3.63) is 46.5 Å². The van der Waals surface area contributed by atoms with Crippen molar-refractivity contribution in [3.8, 4) is 5.75 Å². The van der Waals surface area contributed by atoms with E-state index in [0.717, 1.165) is 17.0 Å². The molecule has 0 unspecified atom stereocenters. The van der Waals surface area contributed by atoms with Gasteiger partial charge >= 0.3 is 0 Å². The largest absolute Gasteiger partial charge is 0.494 e. The summed E-state index contributed by atoms with van der Waals surface area (Å²) >= 11 is 1.46. The zero-order chi connectivity index (χ0) is 21.1. The average Bonchev–Trinajstić information content (AvgIpc) is 3.11. The molecule has 3 aromatic rings. The van der Waals surface area contributed by atoms with Crippen LogP contribution in [0.25, 0.3) is 5.78 Å². The lowest BCUT2D eigenvalue weighted by molar-refractivity contribution is -0.121. The van der Waals surface area contributed by atoms with Gasteiger partial charge in [0.2, 0.25) is 11.1 Å². The molecule has 0 aliphatic rings. The van der Waals surface area contributed by atoms with Crippen LogP contribution in [0.3, 0.4) is 0 Å². The Hall–Kier alpha value is -2.68. The fourth-order valence-electron chi connectivity index (χ4n) is 3.23. The van der Waals surface area contributed by atoms with Gasteiger partial charge in [-0.05, 0) is 56.7 Å². The number of halogens is 1. The van der Waals surface area contributed by atoms with E-state index >= 15 is 0 Å². The highest BCUT2D eigenvalue weighted by atomic mass is 32.2. The Morgan fingerprint density at radius 3 is 2.76 bits per heavy atom. The van der Waals surface area contributed by atoms with Crippen molar-refractivity contribution >= 4 is 23.4 Å². The SMILES string of the molecule is COc1ccc([C@@H](C)NC(=O)CCc2c(C)nc3nc(SC)nn3c2C)cc1F. The number of thioether (sulfide) groups is 1. The molecule has 9 heteroatoms. The smallest absolute Gasteiger partial charge is 0.253 e. The van der Waals surface area contributed by atoms with Gasteiger partial charge in [0.1, 0.15) is 0 Å². The van der Waals surface area contributed by atoms with E-state index in [1.807, 2.05) is 27.0 Å². The van der Waals surface area contributed by atoms with Crippen LogP contribution in [0.5, 0.6) is 5.75 Å². The van der Waals surface area contributed by atoms with Gasteiger partial charge in [0.05, 0.1) is 13.2 Å². The molecular formula is C20H24FN5O2S. The molecule has 29 heavy (non-hydrogen) atoms. The number of benzene rings is 1. The number of ether oxygens (including phenoxy) is 1. The first-order valence-corrected chi connectivity index (χ1v) is 10.5. The molecule has 2 heterocycles. The molecular weight excluding hydrogens is 393 g/mol. The first-order valence-electron chi connectivity index (χ1n) is 9.23. The number of fused-ring (bicyclic) bond motifs is 1. The molecule has 0 fully saturated rings. The number of carbonyl (C=O) groups excluding carboxylic acids is 1. The normalized spacial score (nSPS) is 12.2. The number of hydrogen-bond acceptors (Lipinski definition) is 6. The minimum Gasteiger partial charge on any atom is -0.494 e. The van der Waals surface area contributed by atoms with Crippen LogP contribution in [0.2, 0.25) is 0 Å². The van der Waals surface area contributed by atoms with Crippen LogP contribution in [0, 0.1) is 19.7 Å². The van der Waals surface area contributed by atoms with Crippen molar-refractivity contribution in [2.24, 2.45) is 0 Å². The van der Waals surface area contributed by atoms with Crippen LogP contribution in [0.15, 0.2) is 23.4 Å². The van der Waals surface area contributed by atoms with E-state index in [1.165, 1.54) is 24.9 Å². The lowest BCUT2D eigenvalue weighted by Crippen LogP contribution is -2.27. The third-order valence-electron chi connectivity index (χ3n) is 4.87. The molecule has 1 atom stereocenters. The van der Waals surface area contributed by atoms with Crippen molar-refractivity contribution in [3.63, 3.8) is 0 Å². The van der Waals surface area contributed by atoms with Gasteiger partial charge in [-0.3, -0.25) is 4.79 Å². The minimum atomic E-state index is -0.450. The summed E-state index contributed by atoms with van der Waals surface area (Å²) in [6.45, 7) is 5.69. The highest BCUT2D eigenvalue weighted by Crippen LogP contribution is 2.22. The van der Waals surface area contributed by atoms with Gasteiger partial charge in [0.25, 0.3) is 5.78 Å². The Morgan fingerprint density at radius 2 is 2.10 bits per heavy atom. The van der Waals surface area contributed by atoms with Crippen LogP contribution >= 0.6 is 11.8 Å². The van der Waals surface area contributed by atoms with Crippen LogP contribution < -0.4 is 10.1 Å². The van der Waals surface area contributed by atoms with E-state index in [-0.39, 0.29) is 17.7 Å². The fourth-order valence-corrected chi connectivity index (χ4v) is 3.56. The van der Waals surface area contributed by atoms with E-state index < -0.39 is 5.82 Å². The fraction of sp³-hybridized carbons (Fsp3) is 0.400. The number of amides is 1. The van der Waals surface area contributed by atoms with Gasteiger partial charge < -0.3 is 10.1 Å². The van der Waals surface area contributed by atoms with Gasteiger partial charge in [-0.1, -0.05) is 17.8 Å². The van der Waals surface area contributed by atoms with E-state index in [4.69, 9.17) is 4.74 Å². The highest BCUT2D eigenvalue weighted by Gasteiger charge is 2.16. The Morgan fingerprint density at radius 1 is 1.34 bits per heavy atom. The predicted molar refractivity (Wildman–Crippen MR) is 110 cm³/mol. The van der Waals surface area contributed by atoms with Gasteiger partial charge in [-0.25, -0.2) is 13.9 Å². The summed E-state index contributed by atoms with van der Waals surface area (Å²) < 4.78 is 20.5. The van der Waals surface area contributed by atoms with Crippen molar-refractivity contribution in [2.75, 3.05) is 13.4 Å². The van der Waals surface area contributed by atoms with Crippen molar-refractivity contribution in [1.29, 1.82) is 0 Å². The number of nitrogens with zero attached hydrogens (tertiary/aromatic N) is 4. The summed E-state index contributed by atoms with van der Waals surface area (Å²) in [6, 6.07) is 4.36. The molecule has 1 aromatic carbocycles. The quantitative estimate of drug-likeness (QED) is 0.593. The molecule has 2 aromatic heterocycles. The number of nitrogens with one attached hydrogen (secondary N) is 1. The van der Waals surface area contributed by atoms with E-state index in [1.54, 1.807) is 16.6 Å². The van der Waals surface area contributed by atoms with Crippen molar-refractivity contribution < 1.29 is 13.9 Å². The Balaban J connectivity index is 1.68. The van der Waals surface area contributed by atoms with Gasteiger partial charge in [0.15, 0.2) is 11.6 Å². The maximum absolute atomic E-state index is 13.9. The summed E-state index contributed by atoms with van der Waals surface area (Å²) in [6.07, 6.45) is 2.74. The molecule has 7 nitrogen and oxygen atoms in total. The molecule has 1 N–H and O–H groups in total. The Kier molecular flexibility index (Phi) is 6.36. The summed E-state index contributed by atoms with van der Waals surface area (Å²) in [7, 11) is 1.42. The summed E-state index contributed by atoms with van der Waals surface area (Å²) in [4.78, 5) is 21.3. The van der Waals surface area contributed by atoms with E-state index in [9.17, 15) is 9.18 Å². The molecule has 0 saturated heterocycles. The molecule has 0 saturated carbocycles. The number of aromatic nitrogens is 4. The van der Waals surface area contributed by atoms with Gasteiger partial charge in [-0.15, -0.1) is 5.10 Å². The number of hydrogen-bond donors (Lipinski definition) is 1. The first-order chi connectivity index (χ1) is 13.8. The van der Waals surface area contributed by atoms with Gasteiger partial charge in [0, 0.05) is 17.8 Å². The molecule has 1 amide bonds. The van der Waals surface area contributed by atoms with Crippen LogP contribution in [0.1, 0.15) is 41.9 Å².